The SMILES string of the molecule is B/C(CO)=C(\N)C=C. The molecule has 2 nitrogen and oxygen atoms in total. The lowest BCUT2D eigenvalue weighted by Crippen LogP contribution is -2.02. The Balaban J connectivity index is 4.03. The van der Waals surface area contributed by atoms with Gasteiger partial charge in [0.15, 0.2) is 0 Å². The van der Waals surface area contributed by atoms with Gasteiger partial charge in [-0.05, 0) is 6.08 Å². The van der Waals surface area contributed by atoms with E-state index in [2.05, 4.69) is 6.58 Å². The maximum Gasteiger partial charge on any atom is 0.139 e. The van der Waals surface area contributed by atoms with Crippen molar-refractivity contribution in [2.45, 2.75) is 0 Å². The first-order chi connectivity index (χ1) is 3.72. The number of nitrogens with two attached hydrogens (primary N) is 1. The van der Waals surface area contributed by atoms with Crippen LogP contribution in [-0.4, -0.2) is 19.6 Å². The third-order valence-electron chi connectivity index (χ3n) is 0.950. The first-order valence-electron chi connectivity index (χ1n) is 2.41. The Morgan fingerprint density at radius 2 is 2.38 bits per heavy atom. The molecule has 0 saturated carbocycles. The molecule has 0 bridgehead atoms. The van der Waals surface area contributed by atoms with Gasteiger partial charge in [0.2, 0.25) is 0 Å². The van der Waals surface area contributed by atoms with Gasteiger partial charge in [0.25, 0.3) is 0 Å². The molecule has 0 heterocycles. The number of rotatable bonds is 2. The molecule has 8 heavy (non-hydrogen) atoms. The molecule has 0 amide bonds. The second-order valence-corrected chi connectivity index (χ2v) is 1.60. The van der Waals surface area contributed by atoms with Crippen LogP contribution in [0, 0.1) is 0 Å². The standard InChI is InChI=1S/C5H10BNO/c1-2-5(7)4(6)3-8/h2,8H,1,3,6-7H2/b5-4-. The lowest BCUT2D eigenvalue weighted by molar-refractivity contribution is 0.338. The molecule has 0 saturated heterocycles. The van der Waals surface area contributed by atoms with Crippen LogP contribution in [0.25, 0.3) is 0 Å². The summed E-state index contributed by atoms with van der Waals surface area (Å²) in [5.74, 6) is 0. The normalized spacial score (nSPS) is 12.6. The summed E-state index contributed by atoms with van der Waals surface area (Å²) in [7, 11) is 1.76. The molecule has 0 aliphatic carbocycles. The third-order valence-corrected chi connectivity index (χ3v) is 0.950. The minimum absolute atomic E-state index is 0.0118. The fraction of sp³-hybridized carbons (Fsp3) is 0.200. The molecule has 0 aromatic rings. The third kappa shape index (κ3) is 1.84. The predicted octanol–water partition coefficient (Wildman–Crippen LogP) is -1.03. The van der Waals surface area contributed by atoms with E-state index in [0.717, 1.165) is 5.47 Å². The number of allylic oxidation sites excluding steroid dienone is 1. The molecule has 0 aromatic heterocycles. The van der Waals surface area contributed by atoms with Gasteiger partial charge < -0.3 is 10.8 Å². The van der Waals surface area contributed by atoms with E-state index in [1.807, 2.05) is 0 Å². The quantitative estimate of drug-likeness (QED) is 0.353. The summed E-state index contributed by atoms with van der Waals surface area (Å²) in [6.07, 6.45) is 1.52. The van der Waals surface area contributed by atoms with Crippen molar-refractivity contribution in [2.24, 2.45) is 5.73 Å². The Bertz CT molecular complexity index is 120. The molecule has 0 aromatic carbocycles. The van der Waals surface area contributed by atoms with Crippen LogP contribution in [-0.2, 0) is 0 Å². The molecular formula is C5H10BNO. The lowest BCUT2D eigenvalue weighted by Gasteiger charge is -1.96. The van der Waals surface area contributed by atoms with Crippen LogP contribution in [0.3, 0.4) is 0 Å². The minimum atomic E-state index is 0.0118. The zero-order valence-electron chi connectivity index (χ0n) is 5.02. The van der Waals surface area contributed by atoms with Crippen molar-refractivity contribution in [1.82, 2.24) is 0 Å². The Hall–Kier alpha value is -0.695. The Morgan fingerprint density at radius 3 is 2.50 bits per heavy atom. The second-order valence-electron chi connectivity index (χ2n) is 1.60. The highest BCUT2D eigenvalue weighted by atomic mass is 16.3. The Labute approximate surface area is 50.1 Å². The van der Waals surface area contributed by atoms with Crippen molar-refractivity contribution in [1.29, 1.82) is 0 Å². The monoisotopic (exact) mass is 111 g/mol. The smallest absolute Gasteiger partial charge is 0.139 e. The highest BCUT2D eigenvalue weighted by Crippen LogP contribution is 1.90. The van der Waals surface area contributed by atoms with Gasteiger partial charge in [0.1, 0.15) is 7.85 Å². The molecule has 0 fully saturated rings. The van der Waals surface area contributed by atoms with Gasteiger partial charge in [-0.1, -0.05) is 12.1 Å². The van der Waals surface area contributed by atoms with Crippen LogP contribution in [0.5, 0.6) is 0 Å². The van der Waals surface area contributed by atoms with Crippen molar-refractivity contribution >= 4 is 7.85 Å². The Morgan fingerprint density at radius 1 is 1.88 bits per heavy atom. The van der Waals surface area contributed by atoms with Crippen LogP contribution in [0.15, 0.2) is 23.8 Å². The van der Waals surface area contributed by atoms with E-state index in [9.17, 15) is 0 Å². The molecule has 3 heteroatoms. The van der Waals surface area contributed by atoms with Crippen LogP contribution >= 0.6 is 0 Å². The molecule has 0 aliphatic rings. The summed E-state index contributed by atoms with van der Waals surface area (Å²) in [5, 5.41) is 8.45. The maximum absolute atomic E-state index is 8.45. The minimum Gasteiger partial charge on any atom is -0.399 e. The van der Waals surface area contributed by atoms with E-state index in [1.54, 1.807) is 7.85 Å². The molecular weight excluding hydrogens is 101 g/mol. The first kappa shape index (κ1) is 7.30. The molecule has 0 radical (unpaired) electrons. The van der Waals surface area contributed by atoms with Gasteiger partial charge in [-0.3, -0.25) is 0 Å². The van der Waals surface area contributed by atoms with Gasteiger partial charge in [-0.15, -0.1) is 0 Å². The van der Waals surface area contributed by atoms with E-state index >= 15 is 0 Å². The Kier molecular flexibility index (Phi) is 3.04. The summed E-state index contributed by atoms with van der Waals surface area (Å²) in [5.41, 5.74) is 6.65. The van der Waals surface area contributed by atoms with Crippen LogP contribution in [0.4, 0.5) is 0 Å². The summed E-state index contributed by atoms with van der Waals surface area (Å²) in [6, 6.07) is 0. The van der Waals surface area contributed by atoms with Gasteiger partial charge in [0, 0.05) is 5.70 Å². The molecule has 0 atom stereocenters. The van der Waals surface area contributed by atoms with E-state index in [0.29, 0.717) is 5.70 Å². The number of hydrogen-bond acceptors (Lipinski definition) is 2. The maximum atomic E-state index is 8.45. The molecule has 3 N–H and O–H groups in total. The number of hydrogen-bond donors (Lipinski definition) is 2. The summed E-state index contributed by atoms with van der Waals surface area (Å²) >= 11 is 0. The van der Waals surface area contributed by atoms with Gasteiger partial charge in [-0.25, -0.2) is 0 Å². The molecule has 0 aliphatic heterocycles. The summed E-state index contributed by atoms with van der Waals surface area (Å²) in [4.78, 5) is 0. The number of aliphatic hydroxyl groups is 1. The van der Waals surface area contributed by atoms with Crippen LogP contribution < -0.4 is 5.73 Å². The molecule has 44 valence electrons. The van der Waals surface area contributed by atoms with Gasteiger partial charge in [0.05, 0.1) is 6.61 Å². The highest BCUT2D eigenvalue weighted by molar-refractivity contribution is 6.22. The summed E-state index contributed by atoms with van der Waals surface area (Å²) in [6.45, 7) is 3.45. The fourth-order valence-corrected chi connectivity index (χ4v) is 0.266. The van der Waals surface area contributed by atoms with Crippen molar-refractivity contribution in [2.75, 3.05) is 6.61 Å². The van der Waals surface area contributed by atoms with Crippen molar-refractivity contribution in [3.63, 3.8) is 0 Å². The highest BCUT2D eigenvalue weighted by Gasteiger charge is 1.87. The summed E-state index contributed by atoms with van der Waals surface area (Å²) < 4.78 is 0. The van der Waals surface area contributed by atoms with Gasteiger partial charge >= 0.3 is 0 Å². The first-order valence-corrected chi connectivity index (χ1v) is 2.41. The van der Waals surface area contributed by atoms with Crippen molar-refractivity contribution in [3.8, 4) is 0 Å². The second kappa shape index (κ2) is 3.33. The van der Waals surface area contributed by atoms with Gasteiger partial charge in [-0.2, -0.15) is 0 Å². The average Bonchev–Trinajstić information content (AvgIpc) is 1.84. The van der Waals surface area contributed by atoms with E-state index < -0.39 is 0 Å². The van der Waals surface area contributed by atoms with Crippen molar-refractivity contribution < 1.29 is 5.11 Å². The van der Waals surface area contributed by atoms with Crippen molar-refractivity contribution in [3.05, 3.63) is 23.8 Å². The van der Waals surface area contributed by atoms with E-state index in [1.165, 1.54) is 6.08 Å². The van der Waals surface area contributed by atoms with E-state index in [-0.39, 0.29) is 6.61 Å². The zero-order chi connectivity index (χ0) is 6.57. The molecule has 0 unspecified atom stereocenters. The van der Waals surface area contributed by atoms with Crippen LogP contribution in [0.2, 0.25) is 0 Å². The topological polar surface area (TPSA) is 46.2 Å². The van der Waals surface area contributed by atoms with E-state index in [4.69, 9.17) is 10.8 Å². The predicted molar refractivity (Wildman–Crippen MR) is 37.0 cm³/mol. The van der Waals surface area contributed by atoms with Crippen LogP contribution in [0.1, 0.15) is 0 Å². The zero-order valence-corrected chi connectivity index (χ0v) is 5.02. The lowest BCUT2D eigenvalue weighted by atomic mass is 9.94. The average molecular weight is 111 g/mol. The molecule has 0 spiro atoms. The largest absolute Gasteiger partial charge is 0.399 e. The molecule has 0 rings (SSSR count). The number of aliphatic hydroxyl groups excluding tert-OH is 1. The fourth-order valence-electron chi connectivity index (χ4n) is 0.266.